The highest BCUT2D eigenvalue weighted by Crippen LogP contribution is 2.39. The van der Waals surface area contributed by atoms with Crippen LogP contribution >= 0.6 is 0 Å². The van der Waals surface area contributed by atoms with E-state index < -0.39 is 0 Å². The van der Waals surface area contributed by atoms with Crippen molar-refractivity contribution in [3.8, 4) is 11.3 Å². The molecule has 3 aromatic heterocycles. The molecule has 1 amide bonds. The molecule has 3 aromatic rings. The summed E-state index contributed by atoms with van der Waals surface area (Å²) in [6.07, 6.45) is 7.33. The fraction of sp³-hybridized carbons (Fsp3) is 0.312. The Morgan fingerprint density at radius 3 is 2.83 bits per heavy atom. The van der Waals surface area contributed by atoms with Gasteiger partial charge in [0.15, 0.2) is 0 Å². The molecule has 24 heavy (non-hydrogen) atoms. The van der Waals surface area contributed by atoms with Crippen molar-refractivity contribution in [2.24, 2.45) is 14.1 Å². The smallest absolute Gasteiger partial charge is 0.261 e. The summed E-state index contributed by atoms with van der Waals surface area (Å²) >= 11 is 0. The number of nitrogens with zero attached hydrogens (tertiary/aromatic N) is 6. The summed E-state index contributed by atoms with van der Waals surface area (Å²) in [7, 11) is 3.65. The van der Waals surface area contributed by atoms with Crippen LogP contribution in [0.5, 0.6) is 0 Å². The quantitative estimate of drug-likeness (QED) is 0.790. The van der Waals surface area contributed by atoms with Gasteiger partial charge in [-0.25, -0.2) is 0 Å². The largest absolute Gasteiger partial charge is 0.300 e. The molecule has 0 radical (unpaired) electrons. The van der Waals surface area contributed by atoms with Crippen LogP contribution in [-0.2, 0) is 14.1 Å². The standard InChI is InChI=1S/C16H17N7O/c1-22-9-12(13(21-22)11-4-3-7-17-8-11)15(24)18-16-20-19-14(23(16)2)10-5-6-10/h3-4,7-10H,5-6H2,1-2H3,(H,18,20,24). The number of carbonyl (C=O) groups excluding carboxylic acids is 1. The predicted octanol–water partition coefficient (Wildman–Crippen LogP) is 1.74. The molecule has 8 heteroatoms. The fourth-order valence-electron chi connectivity index (χ4n) is 2.69. The highest BCUT2D eigenvalue weighted by Gasteiger charge is 2.29. The maximum Gasteiger partial charge on any atom is 0.261 e. The number of nitrogens with one attached hydrogen (secondary N) is 1. The third-order valence-corrected chi connectivity index (χ3v) is 4.08. The van der Waals surface area contributed by atoms with Crippen LogP contribution in [0.4, 0.5) is 5.95 Å². The summed E-state index contributed by atoms with van der Waals surface area (Å²) in [6.45, 7) is 0. The van der Waals surface area contributed by atoms with E-state index in [1.165, 1.54) is 0 Å². The lowest BCUT2D eigenvalue weighted by Crippen LogP contribution is -2.16. The topological polar surface area (TPSA) is 90.5 Å². The summed E-state index contributed by atoms with van der Waals surface area (Å²) in [5.41, 5.74) is 1.86. The number of amides is 1. The molecular weight excluding hydrogens is 306 g/mol. The predicted molar refractivity (Wildman–Crippen MR) is 87.4 cm³/mol. The van der Waals surface area contributed by atoms with E-state index in [1.54, 1.807) is 30.3 Å². The maximum atomic E-state index is 12.7. The Kier molecular flexibility index (Phi) is 3.37. The zero-order valence-corrected chi connectivity index (χ0v) is 13.5. The Balaban J connectivity index is 1.63. The molecule has 0 unspecified atom stereocenters. The van der Waals surface area contributed by atoms with Gasteiger partial charge in [0.1, 0.15) is 11.5 Å². The molecule has 0 bridgehead atoms. The molecule has 1 aliphatic rings. The van der Waals surface area contributed by atoms with Crippen LogP contribution in [0.25, 0.3) is 11.3 Å². The van der Waals surface area contributed by atoms with Crippen molar-refractivity contribution < 1.29 is 4.79 Å². The van der Waals surface area contributed by atoms with Crippen molar-refractivity contribution in [3.05, 3.63) is 42.1 Å². The summed E-state index contributed by atoms with van der Waals surface area (Å²) in [5, 5.41) is 15.5. The van der Waals surface area contributed by atoms with Crippen molar-refractivity contribution in [1.29, 1.82) is 0 Å². The van der Waals surface area contributed by atoms with Crippen molar-refractivity contribution >= 4 is 11.9 Å². The Morgan fingerprint density at radius 1 is 1.29 bits per heavy atom. The Hall–Kier alpha value is -3.03. The molecule has 1 saturated carbocycles. The zero-order valence-electron chi connectivity index (χ0n) is 13.5. The first-order chi connectivity index (χ1) is 11.6. The molecule has 0 aromatic carbocycles. The van der Waals surface area contributed by atoms with Gasteiger partial charge in [0, 0.05) is 44.2 Å². The lowest BCUT2D eigenvalue weighted by molar-refractivity contribution is 0.102. The molecule has 0 spiro atoms. The van der Waals surface area contributed by atoms with E-state index in [-0.39, 0.29) is 5.91 Å². The second-order valence-corrected chi connectivity index (χ2v) is 5.98. The normalized spacial score (nSPS) is 13.9. The summed E-state index contributed by atoms with van der Waals surface area (Å²) in [4.78, 5) is 16.8. The van der Waals surface area contributed by atoms with E-state index in [1.807, 2.05) is 23.7 Å². The van der Waals surface area contributed by atoms with E-state index in [0.717, 1.165) is 24.2 Å². The second kappa shape index (κ2) is 5.55. The highest BCUT2D eigenvalue weighted by atomic mass is 16.1. The number of rotatable bonds is 4. The second-order valence-electron chi connectivity index (χ2n) is 5.98. The van der Waals surface area contributed by atoms with E-state index in [0.29, 0.717) is 23.1 Å². The van der Waals surface area contributed by atoms with Crippen LogP contribution in [0.15, 0.2) is 30.7 Å². The average Bonchev–Trinajstić information content (AvgIpc) is 3.26. The number of aryl methyl sites for hydroxylation is 1. The highest BCUT2D eigenvalue weighted by molar-refractivity contribution is 6.07. The van der Waals surface area contributed by atoms with Crippen LogP contribution in [0, 0.1) is 0 Å². The fourth-order valence-corrected chi connectivity index (χ4v) is 2.69. The van der Waals surface area contributed by atoms with Gasteiger partial charge < -0.3 is 0 Å². The van der Waals surface area contributed by atoms with Crippen LogP contribution in [0.3, 0.4) is 0 Å². The number of pyridine rings is 1. The molecule has 8 nitrogen and oxygen atoms in total. The molecule has 1 fully saturated rings. The third kappa shape index (κ3) is 2.55. The zero-order chi connectivity index (χ0) is 16.7. The van der Waals surface area contributed by atoms with E-state index in [4.69, 9.17) is 0 Å². The minimum atomic E-state index is -0.264. The Morgan fingerprint density at radius 2 is 2.12 bits per heavy atom. The first kappa shape index (κ1) is 14.6. The molecule has 122 valence electrons. The molecule has 0 aliphatic heterocycles. The van der Waals surface area contributed by atoms with Crippen molar-refractivity contribution in [2.45, 2.75) is 18.8 Å². The molecular formula is C16H17N7O. The Bertz CT molecular complexity index is 893. The number of anilines is 1. The van der Waals surface area contributed by atoms with Crippen LogP contribution in [0.1, 0.15) is 34.9 Å². The van der Waals surface area contributed by atoms with Crippen molar-refractivity contribution in [1.82, 2.24) is 29.5 Å². The van der Waals surface area contributed by atoms with Gasteiger partial charge in [-0.1, -0.05) is 0 Å². The Labute approximate surface area is 138 Å². The number of carbonyl (C=O) groups is 1. The molecule has 0 saturated heterocycles. The van der Waals surface area contributed by atoms with E-state index in [2.05, 4.69) is 25.6 Å². The number of aromatic nitrogens is 6. The van der Waals surface area contributed by atoms with Crippen LogP contribution in [-0.4, -0.2) is 35.4 Å². The molecule has 3 heterocycles. The maximum absolute atomic E-state index is 12.7. The SMILES string of the molecule is Cn1cc(C(=O)Nc2nnc(C3CC3)n2C)c(-c2cccnc2)n1. The third-order valence-electron chi connectivity index (χ3n) is 4.08. The molecule has 4 rings (SSSR count). The van der Waals surface area contributed by atoms with Gasteiger partial charge >= 0.3 is 0 Å². The van der Waals surface area contributed by atoms with Gasteiger partial charge in [-0.05, 0) is 25.0 Å². The van der Waals surface area contributed by atoms with Gasteiger partial charge in [-0.3, -0.25) is 24.3 Å². The average molecular weight is 323 g/mol. The van der Waals surface area contributed by atoms with Crippen molar-refractivity contribution in [2.75, 3.05) is 5.32 Å². The van der Waals surface area contributed by atoms with Gasteiger partial charge in [0.05, 0.1) is 5.56 Å². The minimum absolute atomic E-state index is 0.264. The van der Waals surface area contributed by atoms with Gasteiger partial charge in [0.25, 0.3) is 5.91 Å². The summed E-state index contributed by atoms with van der Waals surface area (Å²) in [6, 6.07) is 3.69. The first-order valence-corrected chi connectivity index (χ1v) is 7.78. The van der Waals surface area contributed by atoms with Crippen molar-refractivity contribution in [3.63, 3.8) is 0 Å². The van der Waals surface area contributed by atoms with Crippen LogP contribution < -0.4 is 5.32 Å². The summed E-state index contributed by atoms with van der Waals surface area (Å²) in [5.74, 6) is 1.57. The van der Waals surface area contributed by atoms with Crippen LogP contribution in [0.2, 0.25) is 0 Å². The van der Waals surface area contributed by atoms with Gasteiger partial charge in [0.2, 0.25) is 5.95 Å². The lowest BCUT2D eigenvalue weighted by Gasteiger charge is -2.05. The van der Waals surface area contributed by atoms with E-state index >= 15 is 0 Å². The lowest BCUT2D eigenvalue weighted by atomic mass is 10.1. The van der Waals surface area contributed by atoms with E-state index in [9.17, 15) is 4.79 Å². The monoisotopic (exact) mass is 323 g/mol. The van der Waals surface area contributed by atoms with Gasteiger partial charge in [-0.2, -0.15) is 5.10 Å². The number of hydrogen-bond acceptors (Lipinski definition) is 5. The number of hydrogen-bond donors (Lipinski definition) is 1. The molecule has 0 atom stereocenters. The van der Waals surface area contributed by atoms with Gasteiger partial charge in [-0.15, -0.1) is 10.2 Å². The summed E-state index contributed by atoms with van der Waals surface area (Å²) < 4.78 is 3.46. The molecule has 1 N–H and O–H groups in total. The first-order valence-electron chi connectivity index (χ1n) is 7.78. The molecule has 1 aliphatic carbocycles. The minimum Gasteiger partial charge on any atom is -0.300 e.